The molecule has 0 N–H and O–H groups in total. The van der Waals surface area contributed by atoms with Crippen LogP contribution < -0.4 is 0 Å². The fourth-order valence-corrected chi connectivity index (χ4v) is 0.821. The van der Waals surface area contributed by atoms with Gasteiger partial charge in [-0.3, -0.25) is 10.1 Å². The van der Waals surface area contributed by atoms with Gasteiger partial charge in [0.05, 0.1) is 17.3 Å². The second-order valence-electron chi connectivity index (χ2n) is 2.26. The fraction of sp³-hybridized carbons (Fsp3) is 0.250. The highest BCUT2D eigenvalue weighted by molar-refractivity contribution is 5.44. The van der Waals surface area contributed by atoms with Crippen LogP contribution in [0.3, 0.4) is 0 Å². The monoisotopic (exact) mass is 167 g/mol. The van der Waals surface area contributed by atoms with E-state index in [0.29, 0.717) is 12.2 Å². The Balaban J connectivity index is 2.85. The van der Waals surface area contributed by atoms with Crippen LogP contribution in [0.1, 0.15) is 19.1 Å². The Morgan fingerprint density at radius 3 is 3.00 bits per heavy atom. The van der Waals surface area contributed by atoms with Crippen molar-refractivity contribution in [3.8, 4) is 0 Å². The third-order valence-electron chi connectivity index (χ3n) is 1.45. The summed E-state index contributed by atoms with van der Waals surface area (Å²) in [5.41, 5.74) is 0.157. The van der Waals surface area contributed by atoms with Crippen LogP contribution in [-0.4, -0.2) is 4.92 Å². The van der Waals surface area contributed by atoms with Crippen molar-refractivity contribution in [1.82, 2.24) is 0 Å². The predicted octanol–water partition coefficient (Wildman–Crippen LogP) is 2.31. The van der Waals surface area contributed by atoms with Gasteiger partial charge in [-0.05, 0) is 12.1 Å². The van der Waals surface area contributed by atoms with Crippen molar-refractivity contribution in [2.45, 2.75) is 13.3 Å². The van der Waals surface area contributed by atoms with Gasteiger partial charge in [-0.2, -0.15) is 0 Å². The largest absolute Gasteiger partial charge is 0.465 e. The summed E-state index contributed by atoms with van der Waals surface area (Å²) in [4.78, 5) is 9.95. The molecule has 12 heavy (non-hydrogen) atoms. The normalized spacial score (nSPS) is 11.6. The van der Waals surface area contributed by atoms with Crippen molar-refractivity contribution in [1.29, 1.82) is 0 Å². The first kappa shape index (κ1) is 8.52. The molecule has 0 fully saturated rings. The van der Waals surface area contributed by atoms with E-state index < -0.39 is 4.92 Å². The highest BCUT2D eigenvalue weighted by atomic mass is 16.6. The number of hydrogen-bond acceptors (Lipinski definition) is 3. The van der Waals surface area contributed by atoms with Gasteiger partial charge in [-0.25, -0.2) is 0 Å². The zero-order chi connectivity index (χ0) is 8.97. The average molecular weight is 167 g/mol. The van der Waals surface area contributed by atoms with E-state index in [4.69, 9.17) is 4.42 Å². The molecule has 0 aliphatic heterocycles. The van der Waals surface area contributed by atoms with E-state index in [1.54, 1.807) is 19.1 Å². The Labute approximate surface area is 69.6 Å². The van der Waals surface area contributed by atoms with Gasteiger partial charge in [0.25, 0.3) is 0 Å². The second kappa shape index (κ2) is 3.71. The molecule has 0 saturated carbocycles. The van der Waals surface area contributed by atoms with Crippen LogP contribution in [0.25, 0.3) is 6.08 Å². The van der Waals surface area contributed by atoms with E-state index in [1.165, 1.54) is 12.3 Å². The zero-order valence-corrected chi connectivity index (χ0v) is 6.69. The molecule has 4 nitrogen and oxygen atoms in total. The van der Waals surface area contributed by atoms with Crippen LogP contribution >= 0.6 is 0 Å². The predicted molar refractivity (Wildman–Crippen MR) is 44.0 cm³/mol. The molecule has 1 rings (SSSR count). The van der Waals surface area contributed by atoms with Gasteiger partial charge >= 0.3 is 0 Å². The quantitative estimate of drug-likeness (QED) is 0.512. The lowest BCUT2D eigenvalue weighted by atomic mass is 10.3. The summed E-state index contributed by atoms with van der Waals surface area (Å²) < 4.78 is 4.94. The highest BCUT2D eigenvalue weighted by Gasteiger charge is 2.07. The summed E-state index contributed by atoms with van der Waals surface area (Å²) in [6.45, 7) is 1.73. The van der Waals surface area contributed by atoms with Crippen LogP contribution in [0.2, 0.25) is 0 Å². The smallest absolute Gasteiger partial charge is 0.249 e. The van der Waals surface area contributed by atoms with Crippen molar-refractivity contribution >= 4 is 6.08 Å². The number of rotatable bonds is 3. The van der Waals surface area contributed by atoms with Crippen molar-refractivity contribution in [3.63, 3.8) is 0 Å². The van der Waals surface area contributed by atoms with E-state index in [2.05, 4.69) is 0 Å². The van der Waals surface area contributed by atoms with Crippen LogP contribution in [0.4, 0.5) is 0 Å². The second-order valence-corrected chi connectivity index (χ2v) is 2.26. The maximum Gasteiger partial charge on any atom is 0.249 e. The number of nitrogens with zero attached hydrogens (tertiary/aromatic N) is 1. The molecule has 0 aromatic carbocycles. The molecule has 0 spiro atoms. The van der Waals surface area contributed by atoms with E-state index >= 15 is 0 Å². The van der Waals surface area contributed by atoms with Crippen molar-refractivity contribution in [2.24, 2.45) is 0 Å². The Kier molecular flexibility index (Phi) is 2.63. The summed E-state index contributed by atoms with van der Waals surface area (Å²) in [5, 5.41) is 10.4. The summed E-state index contributed by atoms with van der Waals surface area (Å²) in [6.07, 6.45) is 3.31. The molecule has 0 amide bonds. The lowest BCUT2D eigenvalue weighted by Gasteiger charge is -1.90. The Morgan fingerprint density at radius 2 is 2.58 bits per heavy atom. The van der Waals surface area contributed by atoms with E-state index in [-0.39, 0.29) is 5.70 Å². The van der Waals surface area contributed by atoms with E-state index in [9.17, 15) is 10.1 Å². The van der Waals surface area contributed by atoms with E-state index in [0.717, 1.165) is 0 Å². The van der Waals surface area contributed by atoms with Gasteiger partial charge in [0, 0.05) is 6.42 Å². The number of allylic oxidation sites excluding steroid dienone is 1. The summed E-state index contributed by atoms with van der Waals surface area (Å²) in [5.74, 6) is 0.517. The minimum atomic E-state index is -0.400. The molecule has 0 aliphatic rings. The standard InChI is InChI=1S/C8H9NO3/c1-2-7(9(10)11)6-8-4-3-5-12-8/h3-6H,2H2,1H3/b7-6+. The molecule has 1 heterocycles. The van der Waals surface area contributed by atoms with Crippen LogP contribution in [-0.2, 0) is 0 Å². The SMILES string of the molecule is CC/C(=C\c1ccco1)[N+](=O)[O-]. The molecule has 64 valence electrons. The zero-order valence-electron chi connectivity index (χ0n) is 6.69. The minimum Gasteiger partial charge on any atom is -0.465 e. The molecule has 0 unspecified atom stereocenters. The first-order chi connectivity index (χ1) is 5.74. The number of hydrogen-bond donors (Lipinski definition) is 0. The third kappa shape index (κ3) is 1.95. The van der Waals surface area contributed by atoms with Gasteiger partial charge in [0.1, 0.15) is 5.76 Å². The van der Waals surface area contributed by atoms with Gasteiger partial charge in [0.2, 0.25) is 5.70 Å². The first-order valence-electron chi connectivity index (χ1n) is 3.62. The molecule has 0 saturated heterocycles. The summed E-state index contributed by atoms with van der Waals surface area (Å²) in [6, 6.07) is 3.37. The van der Waals surface area contributed by atoms with Gasteiger partial charge in [-0.1, -0.05) is 6.92 Å². The third-order valence-corrected chi connectivity index (χ3v) is 1.45. The first-order valence-corrected chi connectivity index (χ1v) is 3.62. The summed E-state index contributed by atoms with van der Waals surface area (Å²) >= 11 is 0. The Hall–Kier alpha value is -1.58. The molecule has 0 radical (unpaired) electrons. The molecule has 0 atom stereocenters. The average Bonchev–Trinajstić information content (AvgIpc) is 2.51. The Bertz CT molecular complexity index is 287. The van der Waals surface area contributed by atoms with Crippen LogP contribution in [0, 0.1) is 10.1 Å². The van der Waals surface area contributed by atoms with E-state index in [1.807, 2.05) is 0 Å². The molecular formula is C8H9NO3. The fourth-order valence-electron chi connectivity index (χ4n) is 0.821. The van der Waals surface area contributed by atoms with Crippen molar-refractivity contribution in [3.05, 3.63) is 40.0 Å². The van der Waals surface area contributed by atoms with Gasteiger partial charge < -0.3 is 4.42 Å². The lowest BCUT2D eigenvalue weighted by Crippen LogP contribution is -1.95. The Morgan fingerprint density at radius 1 is 1.83 bits per heavy atom. The number of nitro groups is 1. The molecule has 0 bridgehead atoms. The van der Waals surface area contributed by atoms with Crippen molar-refractivity contribution in [2.75, 3.05) is 0 Å². The summed E-state index contributed by atoms with van der Waals surface area (Å²) in [7, 11) is 0. The van der Waals surface area contributed by atoms with Gasteiger partial charge in [-0.15, -0.1) is 0 Å². The molecule has 4 heteroatoms. The maximum absolute atomic E-state index is 10.4. The van der Waals surface area contributed by atoms with Crippen LogP contribution in [0.15, 0.2) is 28.5 Å². The molecular weight excluding hydrogens is 158 g/mol. The van der Waals surface area contributed by atoms with Gasteiger partial charge in [0.15, 0.2) is 0 Å². The molecule has 0 aliphatic carbocycles. The van der Waals surface area contributed by atoms with Crippen molar-refractivity contribution < 1.29 is 9.34 Å². The molecule has 1 aromatic heterocycles. The topological polar surface area (TPSA) is 56.3 Å². The van der Waals surface area contributed by atoms with Crippen LogP contribution in [0.5, 0.6) is 0 Å². The lowest BCUT2D eigenvalue weighted by molar-refractivity contribution is -0.425. The molecule has 1 aromatic rings. The number of furan rings is 1. The maximum atomic E-state index is 10.4. The minimum absolute atomic E-state index is 0.157. The highest BCUT2D eigenvalue weighted by Crippen LogP contribution is 2.10.